The van der Waals surface area contributed by atoms with Crippen LogP contribution in [-0.4, -0.2) is 21.8 Å². The highest BCUT2D eigenvalue weighted by atomic mass is 32.2. The van der Waals surface area contributed by atoms with Crippen LogP contribution in [0.3, 0.4) is 0 Å². The summed E-state index contributed by atoms with van der Waals surface area (Å²) < 4.78 is 5.87. The van der Waals surface area contributed by atoms with Gasteiger partial charge in [0.25, 0.3) is 0 Å². The van der Waals surface area contributed by atoms with Crippen LogP contribution in [0.4, 0.5) is 0 Å². The van der Waals surface area contributed by atoms with Crippen LogP contribution in [0.5, 0.6) is 5.95 Å². The minimum absolute atomic E-state index is 0.0626. The zero-order chi connectivity index (χ0) is 19.6. The molecule has 0 aliphatic heterocycles. The molecule has 3 rings (SSSR count). The fraction of sp³-hybridized carbons (Fsp3) is 0.211. The minimum Gasteiger partial charge on any atom is -0.539 e. The fourth-order valence-electron chi connectivity index (χ4n) is 2.58. The molecule has 0 N–H and O–H groups in total. The third-order valence-electron chi connectivity index (χ3n) is 4.29. The lowest BCUT2D eigenvalue weighted by molar-refractivity contribution is -0.672. The lowest BCUT2D eigenvalue weighted by atomic mass is 10.1. The zero-order valence-electron chi connectivity index (χ0n) is 15.0. The summed E-state index contributed by atoms with van der Waals surface area (Å²) in [5.41, 5.74) is 3.43. The average Bonchev–Trinajstić information content (AvgIpc) is 3.06. The van der Waals surface area contributed by atoms with Gasteiger partial charge in [0.05, 0.1) is 16.6 Å². The van der Waals surface area contributed by atoms with Crippen molar-refractivity contribution in [2.75, 3.05) is 5.75 Å². The molecule has 0 unspecified atom stereocenters. The number of benzene rings is 1. The van der Waals surface area contributed by atoms with Crippen LogP contribution in [0.25, 0.3) is 5.69 Å². The molecular formula is C19H16N4O3S. The Kier molecular flexibility index (Phi) is 5.23. The molecule has 136 valence electrons. The van der Waals surface area contributed by atoms with Crippen molar-refractivity contribution in [3.63, 3.8) is 0 Å². The van der Waals surface area contributed by atoms with E-state index in [4.69, 9.17) is 0 Å². The summed E-state index contributed by atoms with van der Waals surface area (Å²) in [7, 11) is 0. The number of nitrogens with zero attached hydrogens (tertiary/aromatic N) is 4. The first kappa shape index (κ1) is 18.6. The summed E-state index contributed by atoms with van der Waals surface area (Å²) in [6, 6.07) is 10.9. The number of thioether (sulfide) groups is 1. The molecule has 2 heterocycles. The molecule has 7 nitrogen and oxygen atoms in total. The molecule has 0 radical (unpaired) electrons. The van der Waals surface area contributed by atoms with Crippen molar-refractivity contribution >= 4 is 17.5 Å². The molecule has 0 aliphatic carbocycles. The molecule has 0 fully saturated rings. The van der Waals surface area contributed by atoms with Crippen molar-refractivity contribution < 1.29 is 19.1 Å². The third-order valence-corrected chi connectivity index (χ3v) is 5.27. The molecule has 27 heavy (non-hydrogen) atoms. The number of ketones is 1. The predicted octanol–water partition coefficient (Wildman–Crippen LogP) is 2.19. The SMILES string of the molecule is Cc1nc(SCC(=O)c2c([O-])on[n+]2-c2ccccc2)c(C#N)c(C)c1C. The molecule has 0 amide bonds. The van der Waals surface area contributed by atoms with Crippen LogP contribution in [0.15, 0.2) is 39.9 Å². The second-order valence-electron chi connectivity index (χ2n) is 5.91. The van der Waals surface area contributed by atoms with Crippen molar-refractivity contribution in [3.8, 4) is 17.7 Å². The van der Waals surface area contributed by atoms with Crippen LogP contribution in [0, 0.1) is 32.1 Å². The number of carbonyl (C=O) groups excluding carboxylic acids is 1. The van der Waals surface area contributed by atoms with E-state index in [9.17, 15) is 15.2 Å². The number of hydrogen-bond donors (Lipinski definition) is 0. The molecule has 0 saturated carbocycles. The zero-order valence-corrected chi connectivity index (χ0v) is 15.8. The van der Waals surface area contributed by atoms with Crippen molar-refractivity contribution in [1.82, 2.24) is 10.3 Å². The Balaban J connectivity index is 1.89. The molecule has 2 aromatic heterocycles. The Hall–Kier alpha value is -3.18. The van der Waals surface area contributed by atoms with E-state index >= 15 is 0 Å². The van der Waals surface area contributed by atoms with E-state index in [0.717, 1.165) is 28.6 Å². The van der Waals surface area contributed by atoms with E-state index in [0.29, 0.717) is 16.3 Å². The number of Topliss-reactive ketones (excluding diaryl/α,β-unsaturated/α-hetero) is 1. The van der Waals surface area contributed by atoms with E-state index in [1.807, 2.05) is 26.8 Å². The Morgan fingerprint density at radius 3 is 2.63 bits per heavy atom. The van der Waals surface area contributed by atoms with Crippen LogP contribution in [0.2, 0.25) is 0 Å². The third kappa shape index (κ3) is 3.55. The number of carbonyl (C=O) groups is 1. The van der Waals surface area contributed by atoms with Crippen LogP contribution in [-0.2, 0) is 0 Å². The van der Waals surface area contributed by atoms with Gasteiger partial charge in [-0.05, 0) is 36.6 Å². The van der Waals surface area contributed by atoms with Crippen molar-refractivity contribution in [1.29, 1.82) is 5.26 Å². The smallest absolute Gasteiger partial charge is 0.307 e. The summed E-state index contributed by atoms with van der Waals surface area (Å²) in [6.07, 6.45) is 0. The minimum atomic E-state index is -0.797. The lowest BCUT2D eigenvalue weighted by Crippen LogP contribution is -2.39. The van der Waals surface area contributed by atoms with Crippen molar-refractivity contribution in [3.05, 3.63) is 58.4 Å². The second kappa shape index (κ2) is 7.60. The predicted molar refractivity (Wildman–Crippen MR) is 95.7 cm³/mol. The van der Waals surface area contributed by atoms with E-state index in [1.165, 1.54) is 4.68 Å². The molecule has 0 atom stereocenters. The quantitative estimate of drug-likeness (QED) is 0.379. The summed E-state index contributed by atoms with van der Waals surface area (Å²) in [5.74, 6) is -1.31. The van der Waals surface area contributed by atoms with Crippen LogP contribution < -0.4 is 9.79 Å². The van der Waals surface area contributed by atoms with Crippen LogP contribution >= 0.6 is 11.8 Å². The first-order valence-electron chi connectivity index (χ1n) is 8.12. The first-order valence-corrected chi connectivity index (χ1v) is 9.11. The van der Waals surface area contributed by atoms with Gasteiger partial charge in [-0.15, -0.1) is 0 Å². The van der Waals surface area contributed by atoms with Crippen LogP contribution in [0.1, 0.15) is 32.9 Å². The maximum Gasteiger partial charge on any atom is 0.307 e. The van der Waals surface area contributed by atoms with Gasteiger partial charge in [-0.1, -0.05) is 30.0 Å². The van der Waals surface area contributed by atoms with Gasteiger partial charge < -0.3 is 9.63 Å². The Morgan fingerprint density at radius 2 is 1.96 bits per heavy atom. The van der Waals surface area contributed by atoms with Crippen molar-refractivity contribution in [2.45, 2.75) is 25.8 Å². The number of para-hydroxylation sites is 1. The molecule has 1 aromatic carbocycles. The van der Waals surface area contributed by atoms with Gasteiger partial charge in [-0.3, -0.25) is 4.79 Å². The highest BCUT2D eigenvalue weighted by Crippen LogP contribution is 2.27. The molecule has 0 bridgehead atoms. The Labute approximate surface area is 160 Å². The summed E-state index contributed by atoms with van der Waals surface area (Å²) in [4.78, 5) is 17.1. The van der Waals surface area contributed by atoms with Gasteiger partial charge in [-0.25, -0.2) is 4.98 Å². The number of hydrogen-bond acceptors (Lipinski definition) is 7. The van der Waals surface area contributed by atoms with E-state index < -0.39 is 11.7 Å². The second-order valence-corrected chi connectivity index (χ2v) is 6.87. The Morgan fingerprint density at radius 1 is 1.26 bits per heavy atom. The maximum atomic E-state index is 12.7. The fourth-order valence-corrected chi connectivity index (χ4v) is 3.52. The van der Waals surface area contributed by atoms with Crippen molar-refractivity contribution in [2.24, 2.45) is 0 Å². The van der Waals surface area contributed by atoms with Gasteiger partial charge in [0.15, 0.2) is 5.95 Å². The molecule has 0 saturated heterocycles. The maximum absolute atomic E-state index is 12.7. The standard InChI is InChI=1S/C19H16N4O3S/c1-11-12(2)15(9-20)18(21-13(11)3)27-10-16(24)17-19(25)26-22-23(17)14-7-5-4-6-8-14/h4-8H,10H2,1-3H3. The average molecular weight is 380 g/mol. The highest BCUT2D eigenvalue weighted by molar-refractivity contribution is 8.00. The van der Waals surface area contributed by atoms with Gasteiger partial charge in [-0.2, -0.15) is 5.26 Å². The largest absolute Gasteiger partial charge is 0.539 e. The summed E-state index contributed by atoms with van der Waals surface area (Å²) >= 11 is 1.12. The van der Waals surface area contributed by atoms with E-state index in [2.05, 4.69) is 20.8 Å². The molecule has 8 heteroatoms. The van der Waals surface area contributed by atoms with Gasteiger partial charge >= 0.3 is 5.69 Å². The summed E-state index contributed by atoms with van der Waals surface area (Å²) in [6.45, 7) is 5.61. The monoisotopic (exact) mass is 380 g/mol. The highest BCUT2D eigenvalue weighted by Gasteiger charge is 2.28. The van der Waals surface area contributed by atoms with E-state index in [-0.39, 0.29) is 11.4 Å². The van der Waals surface area contributed by atoms with Gasteiger partial charge in [0.2, 0.25) is 11.5 Å². The lowest BCUT2D eigenvalue weighted by Gasteiger charge is -2.10. The molecule has 3 aromatic rings. The van der Waals surface area contributed by atoms with Gasteiger partial charge in [0, 0.05) is 17.8 Å². The molecular weight excluding hydrogens is 364 g/mol. The summed E-state index contributed by atoms with van der Waals surface area (Å²) in [5, 5.41) is 25.6. The number of aromatic nitrogens is 3. The topological polar surface area (TPSA) is 107 Å². The normalized spacial score (nSPS) is 10.6. The Bertz CT molecular complexity index is 1060. The number of rotatable bonds is 5. The molecule has 0 spiro atoms. The first-order chi connectivity index (χ1) is 12.9. The number of nitriles is 1. The molecule has 0 aliphatic rings. The van der Waals surface area contributed by atoms with Gasteiger partial charge in [0.1, 0.15) is 11.1 Å². The number of pyridine rings is 1. The van der Waals surface area contributed by atoms with E-state index in [1.54, 1.807) is 24.3 Å². The number of aryl methyl sites for hydroxylation is 1.